The van der Waals surface area contributed by atoms with Crippen LogP contribution in [0.2, 0.25) is 0 Å². The first-order valence-corrected chi connectivity index (χ1v) is 12.3. The summed E-state index contributed by atoms with van der Waals surface area (Å²) < 4.78 is 16.7. The lowest BCUT2D eigenvalue weighted by molar-refractivity contribution is -0.170. The number of aryl methyl sites for hydroxylation is 1. The third-order valence-electron chi connectivity index (χ3n) is 5.99. The predicted molar refractivity (Wildman–Crippen MR) is 139 cm³/mol. The fourth-order valence-electron chi connectivity index (χ4n) is 4.12. The van der Waals surface area contributed by atoms with Crippen molar-refractivity contribution in [2.24, 2.45) is 0 Å². The van der Waals surface area contributed by atoms with E-state index in [1.54, 1.807) is 14.2 Å². The lowest BCUT2D eigenvalue weighted by Gasteiger charge is -2.26. The van der Waals surface area contributed by atoms with Gasteiger partial charge in [0.05, 0.1) is 38.9 Å². The summed E-state index contributed by atoms with van der Waals surface area (Å²) in [6.07, 6.45) is 0.275. The second-order valence-electron chi connectivity index (χ2n) is 9.23. The summed E-state index contributed by atoms with van der Waals surface area (Å²) in [5.41, 5.74) is 0.522. The Morgan fingerprint density at radius 1 is 1.05 bits per heavy atom. The Bertz CT molecular complexity index is 1100. The topological polar surface area (TPSA) is 176 Å². The van der Waals surface area contributed by atoms with Crippen molar-refractivity contribution in [1.29, 1.82) is 0 Å². The molecule has 0 radical (unpaired) electrons. The molecule has 214 valence electrons. The maximum absolute atomic E-state index is 10.3. The van der Waals surface area contributed by atoms with E-state index >= 15 is 0 Å². The van der Waals surface area contributed by atoms with Crippen LogP contribution in [0.4, 0.5) is 0 Å². The van der Waals surface area contributed by atoms with Crippen molar-refractivity contribution in [3.05, 3.63) is 53.3 Å². The Labute approximate surface area is 226 Å². The van der Waals surface area contributed by atoms with Crippen molar-refractivity contribution < 1.29 is 49.0 Å². The van der Waals surface area contributed by atoms with E-state index in [0.717, 1.165) is 67.5 Å². The maximum Gasteiger partial charge on any atom is 0.336 e. The quantitative estimate of drug-likeness (QED) is 0.288. The SMILES string of the molecule is COc1ccc(CN(Cc2cccc(C)n2)CC2CCCO2)c(OC)c1.O=C(O)CC(O)(CC(=O)O)C(=O)O. The Kier molecular flexibility index (Phi) is 12.1. The number of nitrogens with zero attached hydrogens (tertiary/aromatic N) is 2. The van der Waals surface area contributed by atoms with Crippen molar-refractivity contribution in [2.75, 3.05) is 27.4 Å². The largest absolute Gasteiger partial charge is 0.497 e. The molecule has 1 unspecified atom stereocenters. The highest BCUT2D eigenvalue weighted by Gasteiger charge is 2.40. The van der Waals surface area contributed by atoms with Crippen LogP contribution in [0, 0.1) is 6.92 Å². The molecule has 1 fully saturated rings. The number of benzene rings is 1. The first-order chi connectivity index (χ1) is 18.4. The molecule has 12 nitrogen and oxygen atoms in total. The van der Waals surface area contributed by atoms with Crippen molar-refractivity contribution in [3.8, 4) is 11.5 Å². The van der Waals surface area contributed by atoms with E-state index in [9.17, 15) is 14.4 Å². The molecule has 1 aliphatic heterocycles. The minimum atomic E-state index is -2.74. The number of pyridine rings is 1. The van der Waals surface area contributed by atoms with Gasteiger partial charge in [0.2, 0.25) is 0 Å². The van der Waals surface area contributed by atoms with Gasteiger partial charge in [0.1, 0.15) is 11.5 Å². The fraction of sp³-hybridized carbons (Fsp3) is 0.481. The molecule has 1 saturated heterocycles. The van der Waals surface area contributed by atoms with E-state index in [2.05, 4.69) is 28.1 Å². The van der Waals surface area contributed by atoms with Gasteiger partial charge >= 0.3 is 17.9 Å². The van der Waals surface area contributed by atoms with Crippen molar-refractivity contribution >= 4 is 17.9 Å². The van der Waals surface area contributed by atoms with Crippen LogP contribution in [0.3, 0.4) is 0 Å². The van der Waals surface area contributed by atoms with E-state index in [1.807, 2.05) is 25.1 Å². The molecule has 12 heteroatoms. The molecule has 0 saturated carbocycles. The Morgan fingerprint density at radius 2 is 1.74 bits per heavy atom. The summed E-state index contributed by atoms with van der Waals surface area (Å²) in [7, 11) is 3.37. The van der Waals surface area contributed by atoms with Gasteiger partial charge in [-0.2, -0.15) is 0 Å². The van der Waals surface area contributed by atoms with Gasteiger partial charge in [-0.3, -0.25) is 19.5 Å². The Hall–Kier alpha value is -3.74. The van der Waals surface area contributed by atoms with E-state index < -0.39 is 36.4 Å². The van der Waals surface area contributed by atoms with Gasteiger partial charge < -0.3 is 34.6 Å². The second kappa shape index (κ2) is 15.0. The van der Waals surface area contributed by atoms with Crippen LogP contribution in [0.25, 0.3) is 0 Å². The molecular weight excluding hydrogens is 512 g/mol. The number of hydrogen-bond acceptors (Lipinski definition) is 9. The molecule has 0 aliphatic carbocycles. The lowest BCUT2D eigenvalue weighted by atomic mass is 9.96. The van der Waals surface area contributed by atoms with Gasteiger partial charge in [0.15, 0.2) is 5.60 Å². The van der Waals surface area contributed by atoms with Gasteiger partial charge in [-0.05, 0) is 38.0 Å². The number of carbonyl (C=O) groups is 3. The highest BCUT2D eigenvalue weighted by Crippen LogP contribution is 2.27. The van der Waals surface area contributed by atoms with Gasteiger partial charge in [-0.25, -0.2) is 4.79 Å². The zero-order valence-electron chi connectivity index (χ0n) is 22.3. The summed E-state index contributed by atoms with van der Waals surface area (Å²) >= 11 is 0. The van der Waals surface area contributed by atoms with Gasteiger partial charge in [-0.1, -0.05) is 12.1 Å². The van der Waals surface area contributed by atoms with E-state index in [0.29, 0.717) is 6.10 Å². The molecule has 1 aliphatic rings. The van der Waals surface area contributed by atoms with Gasteiger partial charge in [-0.15, -0.1) is 0 Å². The molecule has 0 spiro atoms. The van der Waals surface area contributed by atoms with E-state index in [4.69, 9.17) is 34.6 Å². The standard InChI is InChI=1S/C21H28N2O3.C6H8O7/c1-16-6-4-7-18(22-16)14-23(15-20-8-5-11-26-20)13-17-9-10-19(24-2)12-21(17)25-3;7-3(8)1-6(13,5(11)12)2-4(9)10/h4,6-7,9-10,12,20H,5,8,11,13-15H2,1-3H3;13H,1-2H2,(H,7,8)(H,9,10)(H,11,12). The van der Waals surface area contributed by atoms with Crippen molar-refractivity contribution in [1.82, 2.24) is 9.88 Å². The van der Waals surface area contributed by atoms with Crippen LogP contribution in [0.15, 0.2) is 36.4 Å². The summed E-state index contributed by atoms with van der Waals surface area (Å²) in [5.74, 6) is -3.37. The van der Waals surface area contributed by atoms with Gasteiger partial charge in [0.25, 0.3) is 0 Å². The zero-order valence-corrected chi connectivity index (χ0v) is 22.3. The van der Waals surface area contributed by atoms with Crippen LogP contribution in [-0.4, -0.2) is 87.3 Å². The molecule has 4 N–H and O–H groups in total. The molecule has 0 amide bonds. The third kappa shape index (κ3) is 10.5. The van der Waals surface area contributed by atoms with Crippen LogP contribution >= 0.6 is 0 Å². The average molecular weight is 549 g/mol. The summed E-state index contributed by atoms with van der Waals surface area (Å²) in [4.78, 5) is 37.5. The highest BCUT2D eigenvalue weighted by molar-refractivity contribution is 5.88. The minimum absolute atomic E-state index is 0.295. The average Bonchev–Trinajstić information content (AvgIpc) is 3.36. The molecule has 39 heavy (non-hydrogen) atoms. The monoisotopic (exact) mass is 548 g/mol. The highest BCUT2D eigenvalue weighted by atomic mass is 16.5. The number of rotatable bonds is 13. The molecule has 1 atom stereocenters. The zero-order chi connectivity index (χ0) is 29.0. The number of carboxylic acid groups (broad SMARTS) is 3. The number of methoxy groups -OCH3 is 2. The van der Waals surface area contributed by atoms with Crippen LogP contribution < -0.4 is 9.47 Å². The minimum Gasteiger partial charge on any atom is -0.497 e. The number of aromatic nitrogens is 1. The van der Waals surface area contributed by atoms with Crippen LogP contribution in [-0.2, 0) is 32.2 Å². The Morgan fingerprint density at radius 3 is 2.26 bits per heavy atom. The smallest absolute Gasteiger partial charge is 0.336 e. The molecule has 1 aromatic carbocycles. The summed E-state index contributed by atoms with van der Waals surface area (Å²) in [5, 5.41) is 33.8. The first-order valence-electron chi connectivity index (χ1n) is 12.3. The van der Waals surface area contributed by atoms with Gasteiger partial charge in [0, 0.05) is 43.6 Å². The van der Waals surface area contributed by atoms with E-state index in [-0.39, 0.29) is 0 Å². The number of hydrogen-bond donors (Lipinski definition) is 4. The molecule has 0 bridgehead atoms. The second-order valence-corrected chi connectivity index (χ2v) is 9.23. The number of aliphatic carboxylic acids is 3. The van der Waals surface area contributed by atoms with Crippen molar-refractivity contribution in [3.63, 3.8) is 0 Å². The predicted octanol–water partition coefficient (Wildman–Crippen LogP) is 2.34. The number of carboxylic acids is 3. The summed E-state index contributed by atoms with van der Waals surface area (Å²) in [6.45, 7) is 5.36. The molecule has 2 aromatic rings. The van der Waals surface area contributed by atoms with Crippen LogP contribution in [0.1, 0.15) is 42.6 Å². The molecule has 3 rings (SSSR count). The first kappa shape index (κ1) is 31.5. The third-order valence-corrected chi connectivity index (χ3v) is 5.99. The fourth-order valence-corrected chi connectivity index (χ4v) is 4.12. The van der Waals surface area contributed by atoms with Crippen molar-refractivity contribution in [2.45, 2.75) is 57.4 Å². The molecule has 1 aromatic heterocycles. The van der Waals surface area contributed by atoms with E-state index in [1.165, 1.54) is 0 Å². The maximum atomic E-state index is 10.3. The molecule has 2 heterocycles. The van der Waals surface area contributed by atoms with Crippen LogP contribution in [0.5, 0.6) is 11.5 Å². The Balaban J connectivity index is 0.000000349. The number of aliphatic hydroxyl groups is 1. The summed E-state index contributed by atoms with van der Waals surface area (Å²) in [6, 6.07) is 12.2. The number of ether oxygens (including phenoxy) is 3. The lowest BCUT2D eigenvalue weighted by Crippen LogP contribution is -2.42. The molecular formula is C27H36N2O10. The normalized spacial score (nSPS) is 14.8.